The molecule has 0 aliphatic carbocycles. The Morgan fingerprint density at radius 1 is 0.659 bits per heavy atom. The molecule has 4 unspecified atom stereocenters. The number of carbonyl (C=O) groups excluding carboxylic acids is 2. The van der Waals surface area contributed by atoms with E-state index in [9.17, 15) is 30.0 Å². The Bertz CT molecular complexity index is 639. The summed E-state index contributed by atoms with van der Waals surface area (Å²) in [5.41, 5.74) is 0. The molecule has 0 aromatic rings. The standard InChI is InChI=1S/C33H62O8/c1-3-5-7-9-10-14-17-21-25-29(32(38)30(36)27-34)33(39)41-40-31(37)26-22-18-15-12-11-13-16-20-24-28(35)23-19-8-6-4-2/h16,20,28-30,32,34-36,38H,3-15,17-19,21-27H2,1-2H3/b20-16-. The molecule has 0 fully saturated rings. The molecule has 0 aromatic carbocycles. The molecule has 0 heterocycles. The first kappa shape index (κ1) is 39.5. The van der Waals surface area contributed by atoms with Crippen molar-refractivity contribution in [3.05, 3.63) is 12.2 Å². The first-order chi connectivity index (χ1) is 19.9. The molecule has 0 bridgehead atoms. The molecule has 0 aliphatic rings. The molecule has 4 atom stereocenters. The van der Waals surface area contributed by atoms with Gasteiger partial charge in [0, 0.05) is 0 Å². The second kappa shape index (κ2) is 28.6. The Hall–Kier alpha value is -1.48. The SMILES string of the molecule is CCCCCCCCCCC(C(=O)OOC(=O)CCCCCCC/C=C\CC(O)CCCCCC)C(O)C(O)CO. The minimum absolute atomic E-state index is 0.133. The van der Waals surface area contributed by atoms with Gasteiger partial charge in [-0.2, -0.15) is 0 Å². The van der Waals surface area contributed by atoms with Gasteiger partial charge < -0.3 is 20.4 Å². The highest BCUT2D eigenvalue weighted by Crippen LogP contribution is 2.20. The van der Waals surface area contributed by atoms with Crippen molar-refractivity contribution in [1.29, 1.82) is 0 Å². The predicted octanol–water partition coefficient (Wildman–Crippen LogP) is 6.86. The average Bonchev–Trinajstić information content (AvgIpc) is 2.97. The zero-order valence-electron chi connectivity index (χ0n) is 26.1. The lowest BCUT2D eigenvalue weighted by Gasteiger charge is -2.23. The fraction of sp³-hybridized carbons (Fsp3) is 0.879. The van der Waals surface area contributed by atoms with Crippen LogP contribution in [0.15, 0.2) is 12.2 Å². The van der Waals surface area contributed by atoms with Gasteiger partial charge in [-0.05, 0) is 38.5 Å². The molecule has 0 saturated heterocycles. The largest absolute Gasteiger partial charge is 0.394 e. The van der Waals surface area contributed by atoms with Gasteiger partial charge in [0.15, 0.2) is 0 Å². The molecular weight excluding hydrogens is 524 g/mol. The minimum Gasteiger partial charge on any atom is -0.394 e. The van der Waals surface area contributed by atoms with Crippen molar-refractivity contribution in [2.24, 2.45) is 5.92 Å². The van der Waals surface area contributed by atoms with Crippen LogP contribution in [0.4, 0.5) is 0 Å². The minimum atomic E-state index is -1.49. The molecule has 8 nitrogen and oxygen atoms in total. The van der Waals surface area contributed by atoms with Gasteiger partial charge in [-0.1, -0.05) is 122 Å². The van der Waals surface area contributed by atoms with Crippen LogP contribution in [-0.2, 0) is 19.4 Å². The quantitative estimate of drug-likeness (QED) is 0.0338. The lowest BCUT2D eigenvalue weighted by molar-refractivity contribution is -0.265. The molecule has 0 spiro atoms. The van der Waals surface area contributed by atoms with E-state index in [1.54, 1.807) is 0 Å². The number of aliphatic hydroxyl groups excluding tert-OH is 4. The first-order valence-corrected chi connectivity index (χ1v) is 16.6. The third-order valence-corrected chi connectivity index (χ3v) is 7.60. The monoisotopic (exact) mass is 586 g/mol. The Morgan fingerprint density at radius 3 is 1.83 bits per heavy atom. The lowest BCUT2D eigenvalue weighted by Crippen LogP contribution is -2.40. The Morgan fingerprint density at radius 2 is 1.20 bits per heavy atom. The molecular formula is C33H62O8. The van der Waals surface area contributed by atoms with E-state index in [4.69, 9.17) is 4.89 Å². The number of aliphatic hydroxyl groups is 4. The van der Waals surface area contributed by atoms with Crippen molar-refractivity contribution in [3.63, 3.8) is 0 Å². The zero-order valence-corrected chi connectivity index (χ0v) is 26.1. The summed E-state index contributed by atoms with van der Waals surface area (Å²) in [4.78, 5) is 33.9. The molecule has 0 rings (SSSR count). The van der Waals surface area contributed by atoms with Crippen LogP contribution in [0.2, 0.25) is 0 Å². The van der Waals surface area contributed by atoms with Gasteiger partial charge in [-0.25, -0.2) is 19.4 Å². The van der Waals surface area contributed by atoms with Crippen molar-refractivity contribution < 1.29 is 39.8 Å². The second-order valence-corrected chi connectivity index (χ2v) is 11.5. The maximum atomic E-state index is 12.5. The maximum Gasteiger partial charge on any atom is 0.361 e. The van der Waals surface area contributed by atoms with Gasteiger partial charge in [0.2, 0.25) is 0 Å². The number of allylic oxidation sites excluding steroid dienone is 1. The van der Waals surface area contributed by atoms with Crippen molar-refractivity contribution in [3.8, 4) is 0 Å². The van der Waals surface area contributed by atoms with Crippen molar-refractivity contribution >= 4 is 11.9 Å². The molecule has 41 heavy (non-hydrogen) atoms. The van der Waals surface area contributed by atoms with E-state index in [1.165, 1.54) is 44.9 Å². The summed E-state index contributed by atoms with van der Waals surface area (Å²) in [6, 6.07) is 0. The van der Waals surface area contributed by atoms with Gasteiger partial charge >= 0.3 is 11.9 Å². The Labute approximate surface area is 249 Å². The van der Waals surface area contributed by atoms with Crippen molar-refractivity contribution in [2.45, 2.75) is 173 Å². The summed E-state index contributed by atoms with van der Waals surface area (Å²) in [5.74, 6) is -2.62. The molecule has 0 radical (unpaired) electrons. The number of unbranched alkanes of at least 4 members (excludes halogenated alkanes) is 15. The van der Waals surface area contributed by atoms with Crippen LogP contribution in [-0.4, -0.2) is 57.3 Å². The Balaban J connectivity index is 4.05. The van der Waals surface area contributed by atoms with Crippen LogP contribution >= 0.6 is 0 Å². The molecule has 0 aromatic heterocycles. The van der Waals surface area contributed by atoms with Crippen LogP contribution in [0.5, 0.6) is 0 Å². The fourth-order valence-corrected chi connectivity index (χ4v) is 4.85. The molecule has 242 valence electrons. The maximum absolute atomic E-state index is 12.5. The highest BCUT2D eigenvalue weighted by molar-refractivity contribution is 5.75. The summed E-state index contributed by atoms with van der Waals surface area (Å²) in [5, 5.41) is 39.3. The van der Waals surface area contributed by atoms with E-state index in [1.807, 2.05) is 0 Å². The highest BCUT2D eigenvalue weighted by atomic mass is 17.2. The fourth-order valence-electron chi connectivity index (χ4n) is 4.85. The number of rotatable bonds is 28. The third-order valence-electron chi connectivity index (χ3n) is 7.60. The van der Waals surface area contributed by atoms with E-state index in [2.05, 4.69) is 30.9 Å². The van der Waals surface area contributed by atoms with Gasteiger partial charge in [0.05, 0.1) is 31.2 Å². The molecule has 0 aliphatic heterocycles. The van der Waals surface area contributed by atoms with Crippen molar-refractivity contribution in [1.82, 2.24) is 0 Å². The molecule has 4 N–H and O–H groups in total. The van der Waals surface area contributed by atoms with Crippen LogP contribution in [0, 0.1) is 5.92 Å². The second-order valence-electron chi connectivity index (χ2n) is 11.5. The smallest absolute Gasteiger partial charge is 0.361 e. The van der Waals surface area contributed by atoms with E-state index in [0.29, 0.717) is 12.8 Å². The number of hydrogen-bond donors (Lipinski definition) is 4. The van der Waals surface area contributed by atoms with E-state index in [-0.39, 0.29) is 18.9 Å². The van der Waals surface area contributed by atoms with E-state index < -0.39 is 36.7 Å². The predicted molar refractivity (Wildman–Crippen MR) is 163 cm³/mol. The summed E-state index contributed by atoms with van der Waals surface area (Å²) < 4.78 is 0. The van der Waals surface area contributed by atoms with Crippen LogP contribution < -0.4 is 0 Å². The average molecular weight is 587 g/mol. The molecule has 0 saturated carbocycles. The topological polar surface area (TPSA) is 134 Å². The van der Waals surface area contributed by atoms with Gasteiger partial charge in [0.1, 0.15) is 6.10 Å². The van der Waals surface area contributed by atoms with Crippen LogP contribution in [0.25, 0.3) is 0 Å². The van der Waals surface area contributed by atoms with Crippen molar-refractivity contribution in [2.75, 3.05) is 6.61 Å². The molecule has 0 amide bonds. The van der Waals surface area contributed by atoms with Gasteiger partial charge in [0.25, 0.3) is 0 Å². The van der Waals surface area contributed by atoms with Crippen LogP contribution in [0.3, 0.4) is 0 Å². The Kier molecular flexibility index (Phi) is 27.6. The lowest BCUT2D eigenvalue weighted by atomic mass is 9.92. The highest BCUT2D eigenvalue weighted by Gasteiger charge is 2.34. The summed E-state index contributed by atoms with van der Waals surface area (Å²) in [6.45, 7) is 3.68. The zero-order chi connectivity index (χ0) is 30.6. The summed E-state index contributed by atoms with van der Waals surface area (Å²) in [6.07, 6.45) is 21.9. The normalized spacial score (nSPS) is 14.6. The van der Waals surface area contributed by atoms with Gasteiger partial charge in [-0.3, -0.25) is 0 Å². The number of hydrogen-bond acceptors (Lipinski definition) is 8. The summed E-state index contributed by atoms with van der Waals surface area (Å²) in [7, 11) is 0. The first-order valence-electron chi connectivity index (χ1n) is 16.6. The van der Waals surface area contributed by atoms with Crippen LogP contribution in [0.1, 0.15) is 155 Å². The third kappa shape index (κ3) is 23.7. The van der Waals surface area contributed by atoms with E-state index in [0.717, 1.165) is 70.6 Å². The number of carbonyl (C=O) groups is 2. The van der Waals surface area contributed by atoms with E-state index >= 15 is 0 Å². The van der Waals surface area contributed by atoms with Gasteiger partial charge in [-0.15, -0.1) is 0 Å². The molecule has 8 heteroatoms. The summed E-state index contributed by atoms with van der Waals surface area (Å²) >= 11 is 0.